The third-order valence-electron chi connectivity index (χ3n) is 4.85. The number of aryl methyl sites for hydroxylation is 1. The molecule has 160 valence electrons. The van der Waals surface area contributed by atoms with Gasteiger partial charge >= 0.3 is 0 Å². The Kier molecular flexibility index (Phi) is 7.24. The van der Waals surface area contributed by atoms with Crippen molar-refractivity contribution in [2.45, 2.75) is 32.4 Å². The highest BCUT2D eigenvalue weighted by Crippen LogP contribution is 2.19. The second kappa shape index (κ2) is 10.1. The second-order valence-electron chi connectivity index (χ2n) is 7.51. The maximum absolute atomic E-state index is 10.7. The van der Waals surface area contributed by atoms with Crippen molar-refractivity contribution in [1.29, 1.82) is 0 Å². The van der Waals surface area contributed by atoms with E-state index in [4.69, 9.17) is 0 Å². The fourth-order valence-corrected chi connectivity index (χ4v) is 3.15. The number of aromatic nitrogens is 4. The van der Waals surface area contributed by atoms with Gasteiger partial charge in [-0.3, -0.25) is 4.68 Å². The van der Waals surface area contributed by atoms with Gasteiger partial charge in [-0.15, -0.1) is 0 Å². The number of guanidine groups is 1. The van der Waals surface area contributed by atoms with Crippen LogP contribution in [0.2, 0.25) is 0 Å². The minimum absolute atomic E-state index is 0.233. The van der Waals surface area contributed by atoms with Crippen molar-refractivity contribution < 1.29 is 5.11 Å². The molecule has 30 heavy (non-hydrogen) atoms. The predicted molar refractivity (Wildman–Crippen MR) is 118 cm³/mol. The normalized spacial score (nSPS) is 13.8. The molecule has 0 aliphatic heterocycles. The average molecular weight is 410 g/mol. The maximum Gasteiger partial charge on any atom is 0.191 e. The first kappa shape index (κ1) is 21.6. The molecule has 0 aliphatic carbocycles. The third kappa shape index (κ3) is 5.93. The summed E-state index contributed by atoms with van der Waals surface area (Å²) in [6.45, 7) is 6.23. The molecular weight excluding hydrogens is 378 g/mol. The number of hydrogen-bond donors (Lipinski definition) is 3. The molecule has 1 unspecified atom stereocenters. The van der Waals surface area contributed by atoms with Gasteiger partial charge in [-0.05, 0) is 19.4 Å². The van der Waals surface area contributed by atoms with Gasteiger partial charge < -0.3 is 20.3 Å². The van der Waals surface area contributed by atoms with Crippen LogP contribution in [0.5, 0.6) is 0 Å². The molecule has 0 spiro atoms. The summed E-state index contributed by atoms with van der Waals surface area (Å²) in [6, 6.07) is 10.4. The van der Waals surface area contributed by atoms with E-state index in [0.717, 1.165) is 30.9 Å². The zero-order valence-corrected chi connectivity index (χ0v) is 17.9. The summed E-state index contributed by atoms with van der Waals surface area (Å²) in [5.41, 5.74) is 0.910. The van der Waals surface area contributed by atoms with Crippen LogP contribution in [0.15, 0.2) is 60.1 Å². The number of aliphatic imine (C=N–C) groups is 1. The second-order valence-corrected chi connectivity index (χ2v) is 7.51. The van der Waals surface area contributed by atoms with Crippen LogP contribution in [-0.2, 0) is 25.6 Å². The molecule has 3 rings (SSSR count). The lowest BCUT2D eigenvalue weighted by atomic mass is 10.0. The van der Waals surface area contributed by atoms with Crippen molar-refractivity contribution >= 4 is 5.96 Å². The Balaban J connectivity index is 1.56. The van der Waals surface area contributed by atoms with Crippen molar-refractivity contribution in [2.24, 2.45) is 12.0 Å². The lowest BCUT2D eigenvalue weighted by Gasteiger charge is -2.20. The van der Waals surface area contributed by atoms with Crippen molar-refractivity contribution in [2.75, 3.05) is 19.6 Å². The number of imidazole rings is 1. The smallest absolute Gasteiger partial charge is 0.191 e. The molecule has 0 bridgehead atoms. The summed E-state index contributed by atoms with van der Waals surface area (Å²) in [5, 5.41) is 21.4. The minimum atomic E-state index is -1.08. The van der Waals surface area contributed by atoms with E-state index in [0.29, 0.717) is 12.5 Å². The molecule has 0 saturated heterocycles. The largest absolute Gasteiger partial charge is 0.383 e. The highest BCUT2D eigenvalue weighted by atomic mass is 16.3. The Hall–Kier alpha value is -3.13. The number of nitrogens with one attached hydrogen (secondary N) is 2. The molecule has 8 nitrogen and oxygen atoms in total. The van der Waals surface area contributed by atoms with Crippen LogP contribution in [0.3, 0.4) is 0 Å². The third-order valence-corrected chi connectivity index (χ3v) is 4.85. The molecule has 1 atom stereocenters. The molecule has 1 aromatic carbocycles. The van der Waals surface area contributed by atoms with E-state index in [-0.39, 0.29) is 6.54 Å². The standard InChI is InChI=1S/C22H31N7O/c1-4-23-21(26-17-22(2,30)19-14-27-28(3)16-19)25-11-10-20-24-12-13-29(20)15-18-8-6-5-7-9-18/h5-9,12-14,16,30H,4,10-11,15,17H2,1-3H3,(H2,23,25,26). The van der Waals surface area contributed by atoms with Gasteiger partial charge in [0.15, 0.2) is 5.96 Å². The van der Waals surface area contributed by atoms with Crippen LogP contribution in [0.4, 0.5) is 0 Å². The molecule has 3 aromatic rings. The number of rotatable bonds is 9. The maximum atomic E-state index is 10.7. The van der Waals surface area contributed by atoms with Gasteiger partial charge in [0.2, 0.25) is 0 Å². The van der Waals surface area contributed by atoms with Gasteiger partial charge in [0.25, 0.3) is 0 Å². The Labute approximate surface area is 177 Å². The first-order chi connectivity index (χ1) is 14.5. The zero-order chi connectivity index (χ0) is 21.4. The van der Waals surface area contributed by atoms with E-state index in [1.807, 2.05) is 50.8 Å². The summed E-state index contributed by atoms with van der Waals surface area (Å²) < 4.78 is 3.84. The van der Waals surface area contributed by atoms with Gasteiger partial charge in [0.05, 0.1) is 12.7 Å². The highest BCUT2D eigenvalue weighted by Gasteiger charge is 2.24. The van der Waals surface area contributed by atoms with E-state index in [2.05, 4.69) is 42.4 Å². The summed E-state index contributed by atoms with van der Waals surface area (Å²) in [5.74, 6) is 1.69. The molecule has 0 saturated carbocycles. The summed E-state index contributed by atoms with van der Waals surface area (Å²) in [7, 11) is 1.83. The van der Waals surface area contributed by atoms with Crippen molar-refractivity contribution in [1.82, 2.24) is 30.0 Å². The highest BCUT2D eigenvalue weighted by molar-refractivity contribution is 5.79. The van der Waals surface area contributed by atoms with Gasteiger partial charge in [-0.2, -0.15) is 5.10 Å². The molecule has 0 radical (unpaired) electrons. The Morgan fingerprint density at radius 2 is 2.03 bits per heavy atom. The predicted octanol–water partition coefficient (Wildman–Crippen LogP) is 1.67. The van der Waals surface area contributed by atoms with Gasteiger partial charge in [-0.25, -0.2) is 9.98 Å². The van der Waals surface area contributed by atoms with E-state index >= 15 is 0 Å². The van der Waals surface area contributed by atoms with Crippen molar-refractivity contribution in [3.63, 3.8) is 0 Å². The molecule has 8 heteroatoms. The summed E-state index contributed by atoms with van der Waals surface area (Å²) in [4.78, 5) is 9.06. The molecule has 2 heterocycles. The molecule has 0 aliphatic rings. The van der Waals surface area contributed by atoms with Crippen LogP contribution < -0.4 is 10.6 Å². The average Bonchev–Trinajstić information content (AvgIpc) is 3.36. The molecule has 3 N–H and O–H groups in total. The minimum Gasteiger partial charge on any atom is -0.383 e. The monoisotopic (exact) mass is 409 g/mol. The first-order valence-electron chi connectivity index (χ1n) is 10.3. The van der Waals surface area contributed by atoms with Crippen molar-refractivity contribution in [3.05, 3.63) is 72.1 Å². The van der Waals surface area contributed by atoms with Gasteiger partial charge in [-0.1, -0.05) is 30.3 Å². The van der Waals surface area contributed by atoms with E-state index < -0.39 is 5.60 Å². The summed E-state index contributed by atoms with van der Waals surface area (Å²) in [6.07, 6.45) is 8.09. The lowest BCUT2D eigenvalue weighted by Crippen LogP contribution is -2.40. The Morgan fingerprint density at radius 1 is 1.23 bits per heavy atom. The van der Waals surface area contributed by atoms with Crippen molar-refractivity contribution in [3.8, 4) is 0 Å². The van der Waals surface area contributed by atoms with E-state index in [1.54, 1.807) is 17.8 Å². The van der Waals surface area contributed by atoms with Crippen LogP contribution in [-0.4, -0.2) is 50.0 Å². The van der Waals surface area contributed by atoms with Crippen LogP contribution in [0, 0.1) is 0 Å². The zero-order valence-electron chi connectivity index (χ0n) is 17.9. The lowest BCUT2D eigenvalue weighted by molar-refractivity contribution is 0.0672. The number of hydrogen-bond acceptors (Lipinski definition) is 4. The summed E-state index contributed by atoms with van der Waals surface area (Å²) >= 11 is 0. The molecular formula is C22H31N7O. The Bertz CT molecular complexity index is 943. The quantitative estimate of drug-likeness (QED) is 0.369. The fourth-order valence-electron chi connectivity index (χ4n) is 3.15. The van der Waals surface area contributed by atoms with E-state index in [1.165, 1.54) is 5.56 Å². The van der Waals surface area contributed by atoms with Gasteiger partial charge in [0.1, 0.15) is 11.4 Å². The van der Waals surface area contributed by atoms with Gasteiger partial charge in [0, 0.05) is 57.3 Å². The number of nitrogens with zero attached hydrogens (tertiary/aromatic N) is 5. The molecule has 0 amide bonds. The number of aliphatic hydroxyl groups is 1. The molecule has 2 aromatic heterocycles. The van der Waals surface area contributed by atoms with Crippen LogP contribution in [0.1, 0.15) is 30.8 Å². The van der Waals surface area contributed by atoms with Crippen LogP contribution >= 0.6 is 0 Å². The fraction of sp³-hybridized carbons (Fsp3) is 0.409. The van der Waals surface area contributed by atoms with E-state index in [9.17, 15) is 5.11 Å². The van der Waals surface area contributed by atoms with Crippen LogP contribution in [0.25, 0.3) is 0 Å². The Morgan fingerprint density at radius 3 is 2.73 bits per heavy atom. The topological polar surface area (TPSA) is 92.3 Å². The first-order valence-corrected chi connectivity index (χ1v) is 10.3. The molecule has 0 fully saturated rings. The SMILES string of the molecule is CCNC(=NCC(C)(O)c1cnn(C)c1)NCCc1nccn1Cc1ccccc1. The number of benzene rings is 1.